The Morgan fingerprint density at radius 2 is 2.45 bits per heavy atom. The minimum Gasteiger partial charge on any atom is -0.370 e. The van der Waals surface area contributed by atoms with Crippen LogP contribution in [0.3, 0.4) is 0 Å². The lowest BCUT2D eigenvalue weighted by Crippen LogP contribution is -2.35. The second-order valence-corrected chi connectivity index (χ2v) is 6.43. The van der Waals surface area contributed by atoms with E-state index >= 15 is 0 Å². The summed E-state index contributed by atoms with van der Waals surface area (Å²) in [6.45, 7) is 9.59. The summed E-state index contributed by atoms with van der Waals surface area (Å²) in [7, 11) is 0. The molecule has 0 aromatic rings. The number of ether oxygens (including phenoxy) is 2. The van der Waals surface area contributed by atoms with Crippen LogP contribution in [0.5, 0.6) is 0 Å². The Labute approximate surface area is 125 Å². The average Bonchev–Trinajstić information content (AvgIpc) is 2.86. The molecule has 0 aromatic heterocycles. The van der Waals surface area contributed by atoms with Gasteiger partial charge in [-0.3, -0.25) is 0 Å². The summed E-state index contributed by atoms with van der Waals surface area (Å²) in [6.07, 6.45) is 4.35. The number of thioether (sulfide) groups is 1. The van der Waals surface area contributed by atoms with Crippen molar-refractivity contribution in [2.24, 2.45) is 10.9 Å². The van der Waals surface area contributed by atoms with Gasteiger partial charge in [-0.05, 0) is 18.9 Å². The van der Waals surface area contributed by atoms with Crippen molar-refractivity contribution in [1.82, 2.24) is 10.2 Å². The van der Waals surface area contributed by atoms with Crippen LogP contribution in [0.15, 0.2) is 17.3 Å². The fraction of sp³-hybridized carbons (Fsp3) is 0.786. The van der Waals surface area contributed by atoms with Crippen LogP contribution in [0.4, 0.5) is 0 Å². The third-order valence-electron chi connectivity index (χ3n) is 3.02. The standard InChI is InChI=1S/C14H25N3O2S/c1-4-18-14-19-12(9-20-14)8-17-6-5-13(16-10-17)15-7-11(2)3/h5-6,11-12,14H,4,7-10H2,1-3H3,(H,15,16)/t12?,14-/m0/s1. The zero-order chi connectivity index (χ0) is 14.4. The quantitative estimate of drug-likeness (QED) is 0.811. The molecule has 2 rings (SSSR count). The van der Waals surface area contributed by atoms with Crippen molar-refractivity contribution < 1.29 is 9.47 Å². The highest BCUT2D eigenvalue weighted by atomic mass is 32.2. The number of nitrogens with zero attached hydrogens (tertiary/aromatic N) is 2. The van der Waals surface area contributed by atoms with Gasteiger partial charge >= 0.3 is 0 Å². The Hall–Kier alpha value is -0.720. The fourth-order valence-electron chi connectivity index (χ4n) is 1.99. The Kier molecular flexibility index (Phi) is 6.19. The zero-order valence-electron chi connectivity index (χ0n) is 12.5. The minimum absolute atomic E-state index is 0.0921. The molecule has 5 nitrogen and oxygen atoms in total. The Morgan fingerprint density at radius 3 is 3.10 bits per heavy atom. The van der Waals surface area contributed by atoms with E-state index in [-0.39, 0.29) is 11.7 Å². The van der Waals surface area contributed by atoms with Crippen LogP contribution in [-0.2, 0) is 9.47 Å². The first kappa shape index (κ1) is 15.7. The molecule has 1 fully saturated rings. The topological polar surface area (TPSA) is 46.1 Å². The van der Waals surface area contributed by atoms with E-state index < -0.39 is 0 Å². The van der Waals surface area contributed by atoms with E-state index in [1.54, 1.807) is 11.8 Å². The van der Waals surface area contributed by atoms with Gasteiger partial charge in [0.05, 0.1) is 6.10 Å². The van der Waals surface area contributed by atoms with Gasteiger partial charge in [-0.2, -0.15) is 0 Å². The third-order valence-corrected chi connectivity index (χ3v) is 4.10. The summed E-state index contributed by atoms with van der Waals surface area (Å²) in [5.74, 6) is 2.59. The predicted octanol–water partition coefficient (Wildman–Crippen LogP) is 1.87. The van der Waals surface area contributed by atoms with Crippen molar-refractivity contribution in [1.29, 1.82) is 0 Å². The Bertz CT molecular complexity index is 360. The van der Waals surface area contributed by atoms with Crippen LogP contribution >= 0.6 is 11.8 Å². The molecule has 0 aliphatic carbocycles. The van der Waals surface area contributed by atoms with E-state index in [2.05, 4.69) is 35.3 Å². The summed E-state index contributed by atoms with van der Waals surface area (Å²) >= 11 is 1.73. The number of amidine groups is 1. The maximum atomic E-state index is 5.81. The van der Waals surface area contributed by atoms with Gasteiger partial charge in [-0.1, -0.05) is 25.6 Å². The van der Waals surface area contributed by atoms with Crippen LogP contribution in [0.25, 0.3) is 0 Å². The lowest BCUT2D eigenvalue weighted by molar-refractivity contribution is -0.0976. The smallest absolute Gasteiger partial charge is 0.207 e. The largest absolute Gasteiger partial charge is 0.370 e. The van der Waals surface area contributed by atoms with Crippen LogP contribution in [0.1, 0.15) is 20.8 Å². The van der Waals surface area contributed by atoms with Gasteiger partial charge in [0.15, 0.2) is 0 Å². The van der Waals surface area contributed by atoms with Crippen LogP contribution in [-0.4, -0.2) is 54.6 Å². The van der Waals surface area contributed by atoms with Gasteiger partial charge in [-0.15, -0.1) is 0 Å². The lowest BCUT2D eigenvalue weighted by atomic mass is 10.2. The normalized spacial score (nSPS) is 26.2. The SMILES string of the molecule is CCO[C@H]1OC(CN2C=CC(NCC(C)C)=NC2)CS1. The molecule has 20 heavy (non-hydrogen) atoms. The van der Waals surface area contributed by atoms with Crippen LogP contribution < -0.4 is 5.32 Å². The minimum atomic E-state index is -0.0921. The van der Waals surface area contributed by atoms with Gasteiger partial charge in [0, 0.05) is 31.6 Å². The molecule has 0 spiro atoms. The number of hydrogen-bond donors (Lipinski definition) is 1. The van der Waals surface area contributed by atoms with E-state index in [4.69, 9.17) is 9.47 Å². The molecule has 0 aromatic carbocycles. The molecule has 6 heteroatoms. The average molecular weight is 299 g/mol. The van der Waals surface area contributed by atoms with E-state index in [1.165, 1.54) is 0 Å². The number of nitrogens with one attached hydrogen (secondary N) is 1. The molecule has 0 amide bonds. The van der Waals surface area contributed by atoms with Gasteiger partial charge in [-0.25, -0.2) is 4.99 Å². The number of rotatable bonds is 6. The molecule has 2 heterocycles. The molecule has 0 radical (unpaired) electrons. The van der Waals surface area contributed by atoms with Crippen molar-refractivity contribution in [2.75, 3.05) is 32.1 Å². The Morgan fingerprint density at radius 1 is 1.60 bits per heavy atom. The van der Waals surface area contributed by atoms with Gasteiger partial charge < -0.3 is 19.7 Å². The summed E-state index contributed by atoms with van der Waals surface area (Å²) < 4.78 is 11.3. The van der Waals surface area contributed by atoms with E-state index in [0.717, 1.165) is 24.7 Å². The zero-order valence-corrected chi connectivity index (χ0v) is 13.4. The van der Waals surface area contributed by atoms with Gasteiger partial charge in [0.2, 0.25) is 5.62 Å². The monoisotopic (exact) mass is 299 g/mol. The van der Waals surface area contributed by atoms with Crippen LogP contribution in [0, 0.1) is 5.92 Å². The van der Waals surface area contributed by atoms with Crippen molar-refractivity contribution in [3.8, 4) is 0 Å². The second kappa shape index (κ2) is 7.90. The summed E-state index contributed by atoms with van der Waals surface area (Å²) in [5, 5.41) is 3.34. The highest BCUT2D eigenvalue weighted by Crippen LogP contribution is 2.26. The Balaban J connectivity index is 1.68. The molecule has 2 aliphatic rings. The number of hydrogen-bond acceptors (Lipinski definition) is 6. The van der Waals surface area contributed by atoms with Crippen molar-refractivity contribution in [2.45, 2.75) is 32.5 Å². The van der Waals surface area contributed by atoms with E-state index in [9.17, 15) is 0 Å². The second-order valence-electron chi connectivity index (χ2n) is 5.38. The molecule has 2 aliphatic heterocycles. The molecule has 0 saturated carbocycles. The fourth-order valence-corrected chi connectivity index (χ4v) is 3.01. The molecule has 114 valence electrons. The predicted molar refractivity (Wildman–Crippen MR) is 83.7 cm³/mol. The van der Waals surface area contributed by atoms with Gasteiger partial charge in [0.25, 0.3) is 0 Å². The molecule has 1 N–H and O–H groups in total. The first-order valence-corrected chi connectivity index (χ1v) is 8.31. The number of aliphatic imine (C=N–C) groups is 1. The maximum Gasteiger partial charge on any atom is 0.207 e. The first-order valence-electron chi connectivity index (χ1n) is 7.26. The lowest BCUT2D eigenvalue weighted by Gasteiger charge is -2.25. The third kappa shape index (κ3) is 5.00. The van der Waals surface area contributed by atoms with E-state index in [1.807, 2.05) is 13.0 Å². The summed E-state index contributed by atoms with van der Waals surface area (Å²) in [6, 6.07) is 0. The van der Waals surface area contributed by atoms with E-state index in [0.29, 0.717) is 19.2 Å². The molecular weight excluding hydrogens is 274 g/mol. The first-order chi connectivity index (χ1) is 9.67. The maximum absolute atomic E-state index is 5.81. The van der Waals surface area contributed by atoms with Crippen molar-refractivity contribution >= 4 is 17.6 Å². The molecular formula is C14H25N3O2S. The summed E-state index contributed by atoms with van der Waals surface area (Å²) in [4.78, 5) is 6.71. The highest BCUT2D eigenvalue weighted by molar-refractivity contribution is 7.99. The summed E-state index contributed by atoms with van der Waals surface area (Å²) in [5.41, 5.74) is -0.0921. The molecule has 1 saturated heterocycles. The van der Waals surface area contributed by atoms with Crippen LogP contribution in [0.2, 0.25) is 0 Å². The molecule has 2 atom stereocenters. The molecule has 1 unspecified atom stereocenters. The van der Waals surface area contributed by atoms with Crippen molar-refractivity contribution in [3.63, 3.8) is 0 Å². The van der Waals surface area contributed by atoms with Crippen molar-refractivity contribution in [3.05, 3.63) is 12.3 Å². The highest BCUT2D eigenvalue weighted by Gasteiger charge is 2.27. The van der Waals surface area contributed by atoms with Gasteiger partial charge in [0.1, 0.15) is 12.5 Å². The molecule has 0 bridgehead atoms.